The van der Waals surface area contributed by atoms with Gasteiger partial charge < -0.3 is 40.3 Å². The summed E-state index contributed by atoms with van der Waals surface area (Å²) >= 11 is 0. The van der Waals surface area contributed by atoms with Crippen molar-refractivity contribution in [2.75, 3.05) is 6.61 Å². The molecule has 3 unspecified atom stereocenters. The number of hydrogen-bond donors (Lipinski definition) is 6. The molecule has 0 spiro atoms. The highest BCUT2D eigenvalue weighted by atomic mass is 31.0. The van der Waals surface area contributed by atoms with Gasteiger partial charge in [-0.3, -0.25) is 9.59 Å². The number of ketones is 1. The fourth-order valence-corrected chi connectivity index (χ4v) is 8.17. The number of ether oxygens (including phenoxy) is 2. The van der Waals surface area contributed by atoms with E-state index in [0.29, 0.717) is 5.57 Å². The van der Waals surface area contributed by atoms with E-state index in [2.05, 4.69) is 14.6 Å². The molecule has 0 radical (unpaired) electrons. The molecule has 4 aliphatic rings. The molecule has 1 saturated heterocycles. The average molecular weight is 558 g/mol. The molecular formula is C26H40NO10P. The number of aliphatic hydroxyl groups excluding tert-OH is 3. The van der Waals surface area contributed by atoms with Crippen LogP contribution >= 0.6 is 9.24 Å². The van der Waals surface area contributed by atoms with Gasteiger partial charge >= 0.3 is 5.97 Å². The second kappa shape index (κ2) is 9.29. The van der Waals surface area contributed by atoms with Gasteiger partial charge in [0.15, 0.2) is 11.9 Å². The maximum absolute atomic E-state index is 14.0. The lowest BCUT2D eigenvalue weighted by atomic mass is 9.43. The minimum atomic E-state index is -1.76. The lowest BCUT2D eigenvalue weighted by molar-refractivity contribution is -0.335. The summed E-state index contributed by atoms with van der Waals surface area (Å²) in [6, 6.07) is 0. The fourth-order valence-electron chi connectivity index (χ4n) is 7.78. The van der Waals surface area contributed by atoms with Crippen LogP contribution in [-0.4, -0.2) is 97.3 Å². The van der Waals surface area contributed by atoms with Gasteiger partial charge in [0, 0.05) is 31.1 Å². The van der Waals surface area contributed by atoms with Crippen molar-refractivity contribution in [1.29, 1.82) is 0 Å². The minimum Gasteiger partial charge on any atom is -0.456 e. The van der Waals surface area contributed by atoms with Crippen molar-refractivity contribution >= 4 is 26.9 Å². The standard InChI is InChI=1S/C26H40NO10P/c1-10-13(37-22(33)18(31)21(38)27-12(3)28)8-26(35)11(2)19-24(6,14(29)7-15-25(19,34)9-36-15)20(32)17(30)16(10)23(26,4)5/h11,13-15,17-19,21,29-31,34-35H,7-9,38H2,1-6H3,(H,27,28)/t11?,13-,14?,15+,17+,18+,19-,21-,24+,25-,26+/m0/s1. The van der Waals surface area contributed by atoms with E-state index in [1.807, 2.05) is 0 Å². The van der Waals surface area contributed by atoms with E-state index in [4.69, 9.17) is 9.47 Å². The third kappa shape index (κ3) is 3.84. The molecule has 0 aromatic rings. The molecule has 3 aliphatic carbocycles. The number of Topliss-reactive ketones (excluding diaryl/α,β-unsaturated/α-hetero) is 1. The Bertz CT molecular complexity index is 1080. The third-order valence-corrected chi connectivity index (χ3v) is 10.6. The van der Waals surface area contributed by atoms with Gasteiger partial charge in [0.1, 0.15) is 17.8 Å². The zero-order chi connectivity index (χ0) is 28.7. The Balaban J connectivity index is 1.82. The van der Waals surface area contributed by atoms with Gasteiger partial charge in [0.25, 0.3) is 0 Å². The number of fused-ring (bicyclic) bond motifs is 5. The molecule has 38 heavy (non-hydrogen) atoms. The van der Waals surface area contributed by atoms with Gasteiger partial charge in [0.2, 0.25) is 5.91 Å². The lowest BCUT2D eigenvalue weighted by Crippen LogP contribution is -2.78. The number of carbonyl (C=O) groups excluding carboxylic acids is 3. The molecular weight excluding hydrogens is 517 g/mol. The number of aliphatic hydroxyl groups is 5. The van der Waals surface area contributed by atoms with Gasteiger partial charge in [-0.1, -0.05) is 20.8 Å². The second-order valence-corrected chi connectivity index (χ2v) is 13.0. The number of hydrogen-bond acceptors (Lipinski definition) is 10. The molecule has 1 aliphatic heterocycles. The van der Waals surface area contributed by atoms with Crippen molar-refractivity contribution in [3.8, 4) is 0 Å². The normalized spacial score (nSPS) is 45.4. The number of esters is 1. The van der Waals surface area contributed by atoms with Crippen LogP contribution in [0.1, 0.15) is 54.4 Å². The molecule has 0 aromatic carbocycles. The summed E-state index contributed by atoms with van der Waals surface area (Å²) in [6.07, 6.45) is -6.71. The van der Waals surface area contributed by atoms with E-state index >= 15 is 0 Å². The number of carbonyl (C=O) groups is 3. The summed E-state index contributed by atoms with van der Waals surface area (Å²) in [5.41, 5.74) is -5.51. The van der Waals surface area contributed by atoms with Crippen molar-refractivity contribution < 1.29 is 49.4 Å². The molecule has 1 amide bonds. The molecule has 12 heteroatoms. The first-order chi connectivity index (χ1) is 17.4. The Labute approximate surface area is 224 Å². The van der Waals surface area contributed by atoms with E-state index in [9.17, 15) is 39.9 Å². The summed E-state index contributed by atoms with van der Waals surface area (Å²) < 4.78 is 11.2. The van der Waals surface area contributed by atoms with Gasteiger partial charge in [-0.25, -0.2) is 4.79 Å². The van der Waals surface area contributed by atoms with Gasteiger partial charge in [-0.2, -0.15) is 0 Å². The van der Waals surface area contributed by atoms with Crippen LogP contribution in [0.4, 0.5) is 0 Å². The molecule has 2 saturated carbocycles. The van der Waals surface area contributed by atoms with E-state index in [1.54, 1.807) is 27.7 Å². The molecule has 214 valence electrons. The van der Waals surface area contributed by atoms with E-state index < -0.39 is 87.8 Å². The van der Waals surface area contributed by atoms with Gasteiger partial charge in [-0.05, 0) is 30.9 Å². The highest BCUT2D eigenvalue weighted by Gasteiger charge is 2.74. The Morgan fingerprint density at radius 1 is 1.21 bits per heavy atom. The summed E-state index contributed by atoms with van der Waals surface area (Å²) in [7, 11) is 2.15. The Morgan fingerprint density at radius 2 is 1.82 bits per heavy atom. The monoisotopic (exact) mass is 557 g/mol. The first-order valence-corrected chi connectivity index (χ1v) is 13.6. The lowest BCUT2D eigenvalue weighted by Gasteiger charge is -2.67. The predicted molar refractivity (Wildman–Crippen MR) is 136 cm³/mol. The quantitative estimate of drug-likeness (QED) is 0.145. The maximum Gasteiger partial charge on any atom is 0.338 e. The van der Waals surface area contributed by atoms with Crippen LogP contribution in [0.15, 0.2) is 11.1 Å². The second-order valence-electron chi connectivity index (χ2n) is 12.3. The van der Waals surface area contributed by atoms with Crippen LogP contribution in [0.5, 0.6) is 0 Å². The highest BCUT2D eigenvalue weighted by Crippen LogP contribution is 2.64. The SMILES string of the molecule is CC(=O)N[C@@H](P)[C@@H](O)C(=O)O[C@H]1C[C@@]2(O)C(C)[C@@H]3[C@]4(O)CO[C@@H]4CC(O)[C@@]3(C)C(=O)[C@H](O)C(=C1C)C2(C)C. The van der Waals surface area contributed by atoms with E-state index in [-0.39, 0.29) is 25.0 Å². The van der Waals surface area contributed by atoms with E-state index in [0.717, 1.165) is 0 Å². The molecule has 1 heterocycles. The number of nitrogens with one attached hydrogen (secondary N) is 1. The Kier molecular flexibility index (Phi) is 7.22. The predicted octanol–water partition coefficient (Wildman–Crippen LogP) is -0.829. The van der Waals surface area contributed by atoms with Crippen molar-refractivity contribution in [2.45, 2.75) is 102 Å². The van der Waals surface area contributed by atoms with Gasteiger partial charge in [-0.15, -0.1) is 9.24 Å². The molecule has 6 N–H and O–H groups in total. The minimum absolute atomic E-state index is 0.0111. The summed E-state index contributed by atoms with van der Waals surface area (Å²) in [5.74, 6) is -5.04. The maximum atomic E-state index is 14.0. The van der Waals surface area contributed by atoms with Crippen molar-refractivity contribution in [2.24, 2.45) is 22.7 Å². The topological polar surface area (TPSA) is 183 Å². The van der Waals surface area contributed by atoms with Crippen molar-refractivity contribution in [3.63, 3.8) is 0 Å². The smallest absolute Gasteiger partial charge is 0.338 e. The highest BCUT2D eigenvalue weighted by molar-refractivity contribution is 7.17. The number of rotatable bonds is 4. The number of amides is 1. The first-order valence-electron chi connectivity index (χ1n) is 12.9. The summed E-state index contributed by atoms with van der Waals surface area (Å²) in [4.78, 5) is 38.2. The van der Waals surface area contributed by atoms with Crippen LogP contribution in [0.3, 0.4) is 0 Å². The third-order valence-electron chi connectivity index (χ3n) is 10.1. The zero-order valence-corrected chi connectivity index (χ0v) is 23.7. The first kappa shape index (κ1) is 29.5. The Hall–Kier alpha value is -1.46. The summed E-state index contributed by atoms with van der Waals surface area (Å²) in [5, 5.41) is 59.7. The van der Waals surface area contributed by atoms with Crippen LogP contribution in [0, 0.1) is 22.7 Å². The van der Waals surface area contributed by atoms with Crippen LogP contribution < -0.4 is 5.32 Å². The Morgan fingerprint density at radius 3 is 2.34 bits per heavy atom. The van der Waals surface area contributed by atoms with Crippen LogP contribution in [0.25, 0.3) is 0 Å². The summed E-state index contributed by atoms with van der Waals surface area (Å²) in [6.45, 7) is 9.36. The van der Waals surface area contributed by atoms with E-state index in [1.165, 1.54) is 13.8 Å². The molecule has 11 nitrogen and oxygen atoms in total. The van der Waals surface area contributed by atoms with Gasteiger partial charge in [0.05, 0.1) is 35.6 Å². The van der Waals surface area contributed by atoms with Crippen molar-refractivity contribution in [3.05, 3.63) is 11.1 Å². The van der Waals surface area contributed by atoms with Crippen molar-refractivity contribution in [1.82, 2.24) is 5.32 Å². The van der Waals surface area contributed by atoms with Crippen LogP contribution in [0.2, 0.25) is 0 Å². The fraction of sp³-hybridized carbons (Fsp3) is 0.808. The molecule has 0 aromatic heterocycles. The molecule has 2 bridgehead atoms. The largest absolute Gasteiger partial charge is 0.456 e. The zero-order valence-electron chi connectivity index (χ0n) is 22.6. The molecule has 12 atom stereocenters. The van der Waals surface area contributed by atoms with Crippen LogP contribution in [-0.2, 0) is 23.9 Å². The average Bonchev–Trinajstić information content (AvgIpc) is 2.81. The molecule has 4 rings (SSSR count). The molecule has 3 fully saturated rings.